The van der Waals surface area contributed by atoms with Gasteiger partial charge in [0.25, 0.3) is 0 Å². The smallest absolute Gasteiger partial charge is 0.226 e. The van der Waals surface area contributed by atoms with Crippen LogP contribution in [0.3, 0.4) is 0 Å². The van der Waals surface area contributed by atoms with E-state index in [0.29, 0.717) is 13.0 Å². The van der Waals surface area contributed by atoms with Gasteiger partial charge in [-0.1, -0.05) is 6.92 Å². The number of hydrogen-bond acceptors (Lipinski definition) is 3. The van der Waals surface area contributed by atoms with Gasteiger partial charge in [-0.2, -0.15) is 5.26 Å². The maximum atomic E-state index is 11.9. The van der Waals surface area contributed by atoms with E-state index >= 15 is 0 Å². The van der Waals surface area contributed by atoms with Crippen LogP contribution in [-0.2, 0) is 4.79 Å². The minimum atomic E-state index is -0.210. The topological polar surface area (TPSA) is 64.9 Å². The van der Waals surface area contributed by atoms with Gasteiger partial charge >= 0.3 is 0 Å². The van der Waals surface area contributed by atoms with Gasteiger partial charge in [-0.05, 0) is 32.4 Å². The molecule has 0 unspecified atom stereocenters. The maximum Gasteiger partial charge on any atom is 0.226 e. The Labute approximate surface area is 91.0 Å². The minimum absolute atomic E-state index is 0.141. The second-order valence-electron chi connectivity index (χ2n) is 4.33. The zero-order valence-corrected chi connectivity index (χ0v) is 9.31. The fourth-order valence-corrected chi connectivity index (χ4v) is 1.79. The first-order chi connectivity index (χ1) is 7.19. The van der Waals surface area contributed by atoms with Crippen molar-refractivity contribution in [2.24, 2.45) is 5.41 Å². The Morgan fingerprint density at radius 2 is 2.20 bits per heavy atom. The second kappa shape index (κ2) is 5.72. The standard InChI is InChI=1S/C11H19N3O/c1-11(4-8-13-9-5-11)10(15)14-7-3-2-6-12/h13H,2-5,7-9H2,1H3,(H,14,15). The molecule has 4 heteroatoms. The van der Waals surface area contributed by atoms with E-state index in [2.05, 4.69) is 16.7 Å². The Morgan fingerprint density at radius 3 is 2.80 bits per heavy atom. The van der Waals surface area contributed by atoms with Crippen molar-refractivity contribution in [2.45, 2.75) is 32.6 Å². The molecular weight excluding hydrogens is 190 g/mol. The number of carbonyl (C=O) groups is 1. The molecule has 4 nitrogen and oxygen atoms in total. The molecule has 0 aromatic heterocycles. The number of carbonyl (C=O) groups excluding carboxylic acids is 1. The van der Waals surface area contributed by atoms with Gasteiger partial charge in [0.15, 0.2) is 0 Å². The van der Waals surface area contributed by atoms with Gasteiger partial charge in [-0.25, -0.2) is 0 Å². The second-order valence-corrected chi connectivity index (χ2v) is 4.33. The van der Waals surface area contributed by atoms with Crippen molar-refractivity contribution in [1.29, 1.82) is 5.26 Å². The Morgan fingerprint density at radius 1 is 1.53 bits per heavy atom. The molecule has 0 aromatic carbocycles. The number of amides is 1. The Kier molecular flexibility index (Phi) is 4.57. The Bertz CT molecular complexity index is 251. The summed E-state index contributed by atoms with van der Waals surface area (Å²) in [6.45, 7) is 4.48. The van der Waals surface area contributed by atoms with E-state index in [-0.39, 0.29) is 11.3 Å². The van der Waals surface area contributed by atoms with Crippen molar-refractivity contribution in [2.75, 3.05) is 19.6 Å². The monoisotopic (exact) mass is 209 g/mol. The van der Waals surface area contributed by atoms with Crippen LogP contribution >= 0.6 is 0 Å². The van der Waals surface area contributed by atoms with E-state index < -0.39 is 0 Å². The van der Waals surface area contributed by atoms with Crippen LogP contribution in [0.15, 0.2) is 0 Å². The highest BCUT2D eigenvalue weighted by atomic mass is 16.2. The number of rotatable bonds is 4. The molecule has 15 heavy (non-hydrogen) atoms. The molecular formula is C11H19N3O. The lowest BCUT2D eigenvalue weighted by molar-refractivity contribution is -0.131. The zero-order chi connectivity index (χ0) is 11.1. The van der Waals surface area contributed by atoms with Gasteiger partial charge in [-0.15, -0.1) is 0 Å². The first-order valence-corrected chi connectivity index (χ1v) is 5.55. The number of unbranched alkanes of at least 4 members (excludes halogenated alkanes) is 1. The summed E-state index contributed by atoms with van der Waals surface area (Å²) in [5, 5.41) is 14.5. The van der Waals surface area contributed by atoms with E-state index in [1.807, 2.05) is 6.92 Å². The molecule has 0 aromatic rings. The highest BCUT2D eigenvalue weighted by Gasteiger charge is 2.33. The number of hydrogen-bond donors (Lipinski definition) is 2. The van der Waals surface area contributed by atoms with E-state index in [4.69, 9.17) is 5.26 Å². The maximum absolute atomic E-state index is 11.9. The quantitative estimate of drug-likeness (QED) is 0.673. The third-order valence-corrected chi connectivity index (χ3v) is 3.01. The number of nitrogens with zero attached hydrogens (tertiary/aromatic N) is 1. The summed E-state index contributed by atoms with van der Waals surface area (Å²) in [5.41, 5.74) is -0.210. The minimum Gasteiger partial charge on any atom is -0.356 e. The van der Waals surface area contributed by atoms with Crippen LogP contribution in [0.2, 0.25) is 0 Å². The number of piperidine rings is 1. The van der Waals surface area contributed by atoms with Gasteiger partial charge in [0.05, 0.1) is 6.07 Å². The molecule has 0 bridgehead atoms. The van der Waals surface area contributed by atoms with Gasteiger partial charge in [0.2, 0.25) is 5.91 Å². The third kappa shape index (κ3) is 3.52. The average molecular weight is 209 g/mol. The lowest BCUT2D eigenvalue weighted by Gasteiger charge is -2.32. The van der Waals surface area contributed by atoms with Crippen LogP contribution in [0.4, 0.5) is 0 Å². The molecule has 0 spiro atoms. The largest absolute Gasteiger partial charge is 0.356 e. The summed E-state index contributed by atoms with van der Waals surface area (Å²) < 4.78 is 0. The van der Waals surface area contributed by atoms with E-state index in [9.17, 15) is 4.79 Å². The van der Waals surface area contributed by atoms with Crippen molar-refractivity contribution in [3.05, 3.63) is 0 Å². The molecule has 0 atom stereocenters. The van der Waals surface area contributed by atoms with Gasteiger partial charge in [-0.3, -0.25) is 4.79 Å². The zero-order valence-electron chi connectivity index (χ0n) is 9.31. The summed E-state index contributed by atoms with van der Waals surface area (Å²) in [7, 11) is 0. The molecule has 1 aliphatic rings. The third-order valence-electron chi connectivity index (χ3n) is 3.01. The van der Waals surface area contributed by atoms with Crippen molar-refractivity contribution in [3.8, 4) is 6.07 Å². The molecule has 1 heterocycles. The SMILES string of the molecule is CC1(C(=O)NCCCC#N)CCNCC1. The summed E-state index contributed by atoms with van der Waals surface area (Å²) in [4.78, 5) is 11.9. The molecule has 0 radical (unpaired) electrons. The normalized spacial score (nSPS) is 19.2. The highest BCUT2D eigenvalue weighted by Crippen LogP contribution is 2.27. The van der Waals surface area contributed by atoms with Crippen molar-refractivity contribution >= 4 is 5.91 Å². The van der Waals surface area contributed by atoms with Gasteiger partial charge < -0.3 is 10.6 Å². The van der Waals surface area contributed by atoms with Crippen molar-refractivity contribution < 1.29 is 4.79 Å². The molecule has 1 saturated heterocycles. The first-order valence-electron chi connectivity index (χ1n) is 5.55. The fourth-order valence-electron chi connectivity index (χ4n) is 1.79. The summed E-state index contributed by atoms with van der Waals surface area (Å²) >= 11 is 0. The Balaban J connectivity index is 2.29. The molecule has 1 amide bonds. The van der Waals surface area contributed by atoms with E-state index in [1.165, 1.54) is 0 Å². The predicted molar refractivity (Wildman–Crippen MR) is 58.1 cm³/mol. The van der Waals surface area contributed by atoms with Crippen LogP contribution in [-0.4, -0.2) is 25.5 Å². The van der Waals surface area contributed by atoms with Crippen LogP contribution < -0.4 is 10.6 Å². The first kappa shape index (κ1) is 12.0. The lowest BCUT2D eigenvalue weighted by atomic mass is 9.80. The van der Waals surface area contributed by atoms with Crippen LogP contribution in [0.1, 0.15) is 32.6 Å². The number of nitrogens with one attached hydrogen (secondary N) is 2. The molecule has 1 rings (SSSR count). The van der Waals surface area contributed by atoms with Crippen LogP contribution in [0.5, 0.6) is 0 Å². The molecule has 1 fully saturated rings. The van der Waals surface area contributed by atoms with E-state index in [1.54, 1.807) is 0 Å². The summed E-state index contributed by atoms with van der Waals surface area (Å²) in [6, 6.07) is 2.07. The molecule has 0 aliphatic carbocycles. The number of nitriles is 1. The molecule has 0 saturated carbocycles. The molecule has 84 valence electrons. The Hall–Kier alpha value is -1.08. The van der Waals surface area contributed by atoms with Crippen LogP contribution in [0.25, 0.3) is 0 Å². The molecule has 1 aliphatic heterocycles. The fraction of sp³-hybridized carbons (Fsp3) is 0.818. The van der Waals surface area contributed by atoms with Gasteiger partial charge in [0, 0.05) is 18.4 Å². The van der Waals surface area contributed by atoms with Crippen molar-refractivity contribution in [1.82, 2.24) is 10.6 Å². The van der Waals surface area contributed by atoms with Crippen LogP contribution in [0, 0.1) is 16.7 Å². The van der Waals surface area contributed by atoms with E-state index in [0.717, 1.165) is 32.4 Å². The summed E-state index contributed by atoms with van der Waals surface area (Å²) in [5.74, 6) is 0.141. The van der Waals surface area contributed by atoms with Gasteiger partial charge in [0.1, 0.15) is 0 Å². The summed E-state index contributed by atoms with van der Waals surface area (Å²) in [6.07, 6.45) is 3.06. The van der Waals surface area contributed by atoms with Crippen molar-refractivity contribution in [3.63, 3.8) is 0 Å². The average Bonchev–Trinajstić information content (AvgIpc) is 2.25. The lowest BCUT2D eigenvalue weighted by Crippen LogP contribution is -2.46. The predicted octanol–water partition coefficient (Wildman–Crippen LogP) is 0.796. The highest BCUT2D eigenvalue weighted by molar-refractivity contribution is 5.82. The molecule has 2 N–H and O–H groups in total.